The highest BCUT2D eigenvalue weighted by Gasteiger charge is 2.40. The Balaban J connectivity index is 1.97. The zero-order valence-electron chi connectivity index (χ0n) is 12.3. The summed E-state index contributed by atoms with van der Waals surface area (Å²) in [5.74, 6) is 0.655. The van der Waals surface area contributed by atoms with Gasteiger partial charge in [0.05, 0.1) is 10.5 Å². The number of aromatic nitrogens is 1. The first-order valence-electron chi connectivity index (χ1n) is 7.20. The minimum Gasteiger partial charge on any atom is -0.386 e. The van der Waals surface area contributed by atoms with E-state index < -0.39 is 10.5 Å². The summed E-state index contributed by atoms with van der Waals surface area (Å²) in [4.78, 5) is 17.2. The molecule has 0 atom stereocenters. The van der Waals surface area contributed by atoms with Crippen LogP contribution in [0.3, 0.4) is 0 Å². The third kappa shape index (κ3) is 2.53. The Kier molecular flexibility index (Phi) is 3.54. The van der Waals surface area contributed by atoms with Crippen molar-refractivity contribution in [3.05, 3.63) is 52.6 Å². The van der Waals surface area contributed by atoms with Crippen molar-refractivity contribution >= 4 is 11.5 Å². The van der Waals surface area contributed by atoms with Crippen molar-refractivity contribution in [2.75, 3.05) is 18.0 Å². The average molecular weight is 299 g/mol. The van der Waals surface area contributed by atoms with Gasteiger partial charge in [0, 0.05) is 24.7 Å². The lowest BCUT2D eigenvalue weighted by molar-refractivity contribution is -0.384. The van der Waals surface area contributed by atoms with Crippen LogP contribution in [0.5, 0.6) is 0 Å². The van der Waals surface area contributed by atoms with Crippen molar-refractivity contribution in [1.82, 2.24) is 4.98 Å². The zero-order valence-corrected chi connectivity index (χ0v) is 12.3. The molecular weight excluding hydrogens is 282 g/mol. The van der Waals surface area contributed by atoms with Gasteiger partial charge in [0.1, 0.15) is 5.82 Å². The van der Waals surface area contributed by atoms with E-state index in [0.717, 1.165) is 0 Å². The van der Waals surface area contributed by atoms with Crippen molar-refractivity contribution in [3.8, 4) is 11.3 Å². The van der Waals surface area contributed by atoms with Crippen molar-refractivity contribution in [1.29, 1.82) is 0 Å². The Bertz CT molecular complexity index is 697. The molecule has 0 aliphatic carbocycles. The highest BCUT2D eigenvalue weighted by molar-refractivity contribution is 5.71. The predicted octanol–water partition coefficient (Wildman–Crippen LogP) is 2.62. The summed E-state index contributed by atoms with van der Waals surface area (Å²) in [6.45, 7) is 2.95. The van der Waals surface area contributed by atoms with E-state index in [0.29, 0.717) is 36.6 Å². The lowest BCUT2D eigenvalue weighted by Gasteiger charge is -2.46. The third-order valence-electron chi connectivity index (χ3n) is 4.06. The fourth-order valence-electron chi connectivity index (χ4n) is 2.62. The highest BCUT2D eigenvalue weighted by atomic mass is 16.6. The molecule has 2 heterocycles. The maximum Gasteiger partial charge on any atom is 0.295 e. The molecule has 0 spiro atoms. The number of anilines is 1. The summed E-state index contributed by atoms with van der Waals surface area (Å²) in [5.41, 5.74) is 0.384. The van der Waals surface area contributed by atoms with Crippen LogP contribution >= 0.6 is 0 Å². The first kappa shape index (κ1) is 14.5. The molecule has 6 heteroatoms. The van der Waals surface area contributed by atoms with E-state index in [2.05, 4.69) is 4.98 Å². The fourth-order valence-corrected chi connectivity index (χ4v) is 2.62. The van der Waals surface area contributed by atoms with Gasteiger partial charge in [0.2, 0.25) is 0 Å². The van der Waals surface area contributed by atoms with Gasteiger partial charge >= 0.3 is 0 Å². The Morgan fingerprint density at radius 2 is 1.95 bits per heavy atom. The predicted molar refractivity (Wildman–Crippen MR) is 83.8 cm³/mol. The number of benzene rings is 1. The molecule has 6 nitrogen and oxygen atoms in total. The summed E-state index contributed by atoms with van der Waals surface area (Å²) in [6.07, 6.45) is 0.683. The van der Waals surface area contributed by atoms with Gasteiger partial charge in [-0.1, -0.05) is 37.3 Å². The maximum absolute atomic E-state index is 11.2. The molecule has 1 N–H and O–H groups in total. The average Bonchev–Trinajstić information content (AvgIpc) is 2.52. The molecule has 0 unspecified atom stereocenters. The van der Waals surface area contributed by atoms with Crippen LogP contribution in [-0.2, 0) is 0 Å². The molecule has 0 radical (unpaired) electrons. The van der Waals surface area contributed by atoms with Crippen LogP contribution in [0.4, 0.5) is 11.5 Å². The van der Waals surface area contributed by atoms with Crippen LogP contribution in [0.2, 0.25) is 0 Å². The van der Waals surface area contributed by atoms with E-state index in [1.807, 2.05) is 30.0 Å². The van der Waals surface area contributed by atoms with Crippen LogP contribution < -0.4 is 4.90 Å². The lowest BCUT2D eigenvalue weighted by atomic mass is 9.91. The van der Waals surface area contributed by atoms with Gasteiger partial charge in [0.15, 0.2) is 5.69 Å². The molecule has 1 fully saturated rings. The molecule has 1 aliphatic heterocycles. The Labute approximate surface area is 128 Å². The molecule has 1 aromatic carbocycles. The van der Waals surface area contributed by atoms with Crippen LogP contribution in [0.15, 0.2) is 42.5 Å². The summed E-state index contributed by atoms with van der Waals surface area (Å²) in [6, 6.07) is 12.2. The first-order valence-corrected chi connectivity index (χ1v) is 7.20. The van der Waals surface area contributed by atoms with Gasteiger partial charge in [0.25, 0.3) is 5.69 Å². The summed E-state index contributed by atoms with van der Waals surface area (Å²) < 4.78 is 0. The van der Waals surface area contributed by atoms with Crippen LogP contribution in [0.25, 0.3) is 11.3 Å². The van der Waals surface area contributed by atoms with Gasteiger partial charge in [-0.2, -0.15) is 0 Å². The number of hydrogen-bond donors (Lipinski definition) is 1. The van der Waals surface area contributed by atoms with Gasteiger partial charge in [-0.3, -0.25) is 10.1 Å². The molecule has 0 amide bonds. The SMILES string of the molecule is CCC1(O)CN(c2ccc([N+](=O)[O-])c(-c3ccccc3)n2)C1. The second-order valence-electron chi connectivity index (χ2n) is 5.59. The van der Waals surface area contributed by atoms with Crippen molar-refractivity contribution in [3.63, 3.8) is 0 Å². The van der Waals surface area contributed by atoms with Crippen molar-refractivity contribution in [2.24, 2.45) is 0 Å². The minimum absolute atomic E-state index is 0.0128. The molecule has 22 heavy (non-hydrogen) atoms. The van der Waals surface area contributed by atoms with Crippen LogP contribution in [-0.4, -0.2) is 33.7 Å². The minimum atomic E-state index is -0.670. The highest BCUT2D eigenvalue weighted by Crippen LogP contribution is 2.34. The second kappa shape index (κ2) is 5.38. The number of nitro groups is 1. The van der Waals surface area contributed by atoms with Gasteiger partial charge in [-0.25, -0.2) is 4.98 Å². The largest absolute Gasteiger partial charge is 0.386 e. The molecule has 0 saturated carbocycles. The molecular formula is C16H17N3O3. The molecule has 114 valence electrons. The van der Waals surface area contributed by atoms with Gasteiger partial charge < -0.3 is 10.0 Å². The molecule has 1 saturated heterocycles. The number of hydrogen-bond acceptors (Lipinski definition) is 5. The molecule has 1 aromatic heterocycles. The zero-order chi connectivity index (χ0) is 15.7. The molecule has 1 aliphatic rings. The quantitative estimate of drug-likeness (QED) is 0.693. The smallest absolute Gasteiger partial charge is 0.295 e. The van der Waals surface area contributed by atoms with Gasteiger partial charge in [-0.15, -0.1) is 0 Å². The molecule has 0 bridgehead atoms. The van der Waals surface area contributed by atoms with E-state index in [-0.39, 0.29) is 5.69 Å². The molecule has 3 rings (SSSR count). The van der Waals surface area contributed by atoms with E-state index >= 15 is 0 Å². The van der Waals surface area contributed by atoms with Crippen molar-refractivity contribution < 1.29 is 10.0 Å². The Morgan fingerprint density at radius 1 is 1.27 bits per heavy atom. The summed E-state index contributed by atoms with van der Waals surface area (Å²) in [5, 5.41) is 21.3. The van der Waals surface area contributed by atoms with E-state index in [9.17, 15) is 15.2 Å². The lowest BCUT2D eigenvalue weighted by Crippen LogP contribution is -2.61. The third-order valence-corrected chi connectivity index (χ3v) is 4.06. The first-order chi connectivity index (χ1) is 10.5. The topological polar surface area (TPSA) is 79.5 Å². The Morgan fingerprint density at radius 3 is 2.55 bits per heavy atom. The second-order valence-corrected chi connectivity index (χ2v) is 5.59. The Hall–Kier alpha value is -2.47. The van der Waals surface area contributed by atoms with E-state index in [4.69, 9.17) is 0 Å². The number of β-amino-alcohol motifs (C(OH)–C–C–N with tert-alkyl or cyclic N) is 1. The van der Waals surface area contributed by atoms with Crippen LogP contribution in [0, 0.1) is 10.1 Å². The standard InChI is InChI=1S/C16H17N3O3/c1-2-16(20)10-18(11-16)14-9-8-13(19(21)22)15(17-14)12-6-4-3-5-7-12/h3-9,20H,2,10-11H2,1H3. The monoisotopic (exact) mass is 299 g/mol. The number of nitrogens with zero attached hydrogens (tertiary/aromatic N) is 3. The van der Waals surface area contributed by atoms with E-state index in [1.165, 1.54) is 6.07 Å². The molecule has 2 aromatic rings. The number of pyridine rings is 1. The number of aliphatic hydroxyl groups is 1. The summed E-state index contributed by atoms with van der Waals surface area (Å²) in [7, 11) is 0. The maximum atomic E-state index is 11.2. The van der Waals surface area contributed by atoms with Gasteiger partial charge in [-0.05, 0) is 12.5 Å². The normalized spacial score (nSPS) is 16.2. The van der Waals surface area contributed by atoms with Crippen LogP contribution in [0.1, 0.15) is 13.3 Å². The van der Waals surface area contributed by atoms with Crippen molar-refractivity contribution in [2.45, 2.75) is 18.9 Å². The fraction of sp³-hybridized carbons (Fsp3) is 0.312. The summed E-state index contributed by atoms with van der Waals surface area (Å²) >= 11 is 0. The number of rotatable bonds is 4. The van der Waals surface area contributed by atoms with E-state index in [1.54, 1.807) is 18.2 Å².